The fourth-order valence-corrected chi connectivity index (χ4v) is 1.58. The van der Waals surface area contributed by atoms with Gasteiger partial charge in [-0.05, 0) is 18.1 Å². The summed E-state index contributed by atoms with van der Waals surface area (Å²) in [6, 6.07) is 8.00. The molecule has 74 valence electrons. The predicted octanol–water partition coefficient (Wildman–Crippen LogP) is 0.258. The third-order valence-electron chi connectivity index (χ3n) is 2.21. The third kappa shape index (κ3) is 1.49. The van der Waals surface area contributed by atoms with Crippen LogP contribution in [0.25, 0.3) is 0 Å². The Balaban J connectivity index is 2.26. The average Bonchev–Trinajstić information content (AvgIpc) is 2.62. The second-order valence-electron chi connectivity index (χ2n) is 3.10. The molecular weight excluding hydrogens is 180 g/mol. The second kappa shape index (κ2) is 3.55. The fourth-order valence-electron chi connectivity index (χ4n) is 1.58. The Kier molecular flexibility index (Phi) is 2.24. The number of fused-ring (bicyclic) bond motifs is 1. The lowest BCUT2D eigenvalue weighted by atomic mass is 10.2. The van der Waals surface area contributed by atoms with Crippen LogP contribution in [0.5, 0.6) is 0 Å². The largest absolute Gasteiger partial charge is 0.367 e. The summed E-state index contributed by atoms with van der Waals surface area (Å²) < 4.78 is 0. The summed E-state index contributed by atoms with van der Waals surface area (Å²) in [6.07, 6.45) is 0.957. The van der Waals surface area contributed by atoms with E-state index >= 15 is 0 Å². The lowest BCUT2D eigenvalue weighted by molar-refractivity contribution is 0.232. The van der Waals surface area contributed by atoms with Gasteiger partial charge in [-0.15, -0.1) is 5.10 Å². The van der Waals surface area contributed by atoms with Crippen LogP contribution in [-0.4, -0.2) is 17.7 Å². The van der Waals surface area contributed by atoms with Gasteiger partial charge in [-0.25, -0.2) is 5.48 Å². The molecule has 0 saturated carbocycles. The highest BCUT2D eigenvalue weighted by atomic mass is 16.5. The summed E-state index contributed by atoms with van der Waals surface area (Å²) in [6.45, 7) is 0.793. The Hall–Kier alpha value is -1.75. The molecule has 0 radical (unpaired) electrons. The first-order valence-electron chi connectivity index (χ1n) is 4.41. The molecular formula is C9H12N4O. The van der Waals surface area contributed by atoms with Crippen molar-refractivity contribution in [3.8, 4) is 0 Å². The number of anilines is 1. The summed E-state index contributed by atoms with van der Waals surface area (Å²) in [5.74, 6) is 0.00158. The number of rotatable bonds is 1. The van der Waals surface area contributed by atoms with E-state index in [0.717, 1.165) is 18.7 Å². The Morgan fingerprint density at radius 3 is 3.07 bits per heavy atom. The van der Waals surface area contributed by atoms with Crippen LogP contribution < -0.4 is 16.2 Å². The molecule has 0 fully saturated rings. The molecule has 1 aliphatic rings. The molecule has 0 aliphatic carbocycles. The SMILES string of the molecule is NC(=NN1CCc2ccccc21)NO. The third-order valence-corrected chi connectivity index (χ3v) is 2.21. The zero-order valence-corrected chi connectivity index (χ0v) is 7.64. The number of hydrogen-bond acceptors (Lipinski definition) is 3. The lowest BCUT2D eigenvalue weighted by Gasteiger charge is -2.12. The van der Waals surface area contributed by atoms with Crippen molar-refractivity contribution < 1.29 is 5.21 Å². The highest BCUT2D eigenvalue weighted by Crippen LogP contribution is 2.27. The van der Waals surface area contributed by atoms with Gasteiger partial charge in [0.05, 0.1) is 5.69 Å². The van der Waals surface area contributed by atoms with Crippen LogP contribution in [0.2, 0.25) is 0 Å². The number of para-hydroxylation sites is 1. The van der Waals surface area contributed by atoms with Crippen molar-refractivity contribution in [1.82, 2.24) is 5.48 Å². The van der Waals surface area contributed by atoms with Gasteiger partial charge in [0.15, 0.2) is 0 Å². The number of guanidine groups is 1. The molecule has 5 nitrogen and oxygen atoms in total. The molecule has 1 aliphatic heterocycles. The molecule has 0 spiro atoms. The number of hydrazone groups is 1. The van der Waals surface area contributed by atoms with Gasteiger partial charge >= 0.3 is 0 Å². The maximum Gasteiger partial charge on any atom is 0.235 e. The van der Waals surface area contributed by atoms with E-state index in [1.165, 1.54) is 5.56 Å². The second-order valence-corrected chi connectivity index (χ2v) is 3.10. The minimum absolute atomic E-state index is 0.00158. The molecule has 5 heteroatoms. The van der Waals surface area contributed by atoms with Crippen LogP contribution >= 0.6 is 0 Å². The Morgan fingerprint density at radius 1 is 1.50 bits per heavy atom. The van der Waals surface area contributed by atoms with Crippen LogP contribution in [0.15, 0.2) is 29.4 Å². The van der Waals surface area contributed by atoms with E-state index in [0.29, 0.717) is 0 Å². The van der Waals surface area contributed by atoms with E-state index in [1.807, 2.05) is 23.7 Å². The van der Waals surface area contributed by atoms with Gasteiger partial charge in [-0.1, -0.05) is 18.2 Å². The smallest absolute Gasteiger partial charge is 0.235 e. The quantitative estimate of drug-likeness (QED) is 0.339. The normalized spacial score (nSPS) is 15.5. The first-order valence-corrected chi connectivity index (χ1v) is 4.41. The van der Waals surface area contributed by atoms with Crippen molar-refractivity contribution in [2.24, 2.45) is 10.8 Å². The monoisotopic (exact) mass is 192 g/mol. The molecule has 0 unspecified atom stereocenters. The van der Waals surface area contributed by atoms with E-state index in [-0.39, 0.29) is 5.96 Å². The number of hydrogen-bond donors (Lipinski definition) is 3. The van der Waals surface area contributed by atoms with E-state index in [1.54, 1.807) is 5.01 Å². The Labute approximate surface area is 81.8 Å². The van der Waals surface area contributed by atoms with Crippen molar-refractivity contribution in [1.29, 1.82) is 0 Å². The van der Waals surface area contributed by atoms with E-state index in [4.69, 9.17) is 10.9 Å². The van der Waals surface area contributed by atoms with Crippen LogP contribution in [-0.2, 0) is 6.42 Å². The summed E-state index contributed by atoms with van der Waals surface area (Å²) in [5, 5.41) is 14.3. The molecule has 4 N–H and O–H groups in total. The zero-order chi connectivity index (χ0) is 9.97. The van der Waals surface area contributed by atoms with Crippen molar-refractivity contribution in [2.75, 3.05) is 11.6 Å². The molecule has 14 heavy (non-hydrogen) atoms. The van der Waals surface area contributed by atoms with Crippen LogP contribution in [0.4, 0.5) is 5.69 Å². The molecule has 0 amide bonds. The molecule has 1 aromatic rings. The molecule has 2 rings (SSSR count). The number of benzene rings is 1. The number of nitrogens with zero attached hydrogens (tertiary/aromatic N) is 2. The summed E-state index contributed by atoms with van der Waals surface area (Å²) in [5.41, 5.74) is 9.46. The molecule has 1 aromatic carbocycles. The predicted molar refractivity (Wildman–Crippen MR) is 54.0 cm³/mol. The van der Waals surface area contributed by atoms with Crippen LogP contribution in [0, 0.1) is 0 Å². The van der Waals surface area contributed by atoms with Gasteiger partial charge in [0.2, 0.25) is 5.96 Å². The maximum absolute atomic E-state index is 8.51. The highest BCUT2D eigenvalue weighted by Gasteiger charge is 2.17. The fraction of sp³-hybridized carbons (Fsp3) is 0.222. The lowest BCUT2D eigenvalue weighted by Crippen LogP contribution is -2.32. The van der Waals surface area contributed by atoms with Crippen molar-refractivity contribution in [2.45, 2.75) is 6.42 Å². The van der Waals surface area contributed by atoms with Crippen molar-refractivity contribution >= 4 is 11.6 Å². The van der Waals surface area contributed by atoms with Gasteiger partial charge in [-0.3, -0.25) is 10.2 Å². The Morgan fingerprint density at radius 2 is 2.29 bits per heavy atom. The molecule has 1 heterocycles. The first kappa shape index (κ1) is 8.83. The Bertz CT molecular complexity index is 364. The van der Waals surface area contributed by atoms with Gasteiger partial charge in [-0.2, -0.15) is 0 Å². The maximum atomic E-state index is 8.51. The van der Waals surface area contributed by atoms with Crippen molar-refractivity contribution in [3.63, 3.8) is 0 Å². The topological polar surface area (TPSA) is 73.9 Å². The van der Waals surface area contributed by atoms with E-state index < -0.39 is 0 Å². The van der Waals surface area contributed by atoms with Crippen LogP contribution in [0.1, 0.15) is 5.56 Å². The van der Waals surface area contributed by atoms with Crippen LogP contribution in [0.3, 0.4) is 0 Å². The van der Waals surface area contributed by atoms with E-state index in [2.05, 4.69) is 11.2 Å². The first-order chi connectivity index (χ1) is 6.81. The molecule has 0 atom stereocenters. The molecule has 0 saturated heterocycles. The standard InChI is InChI=1S/C9H12N4O/c10-9(12-14)11-13-6-5-7-3-1-2-4-8(7)13/h1-4,14H,5-6H2,(H3,10,11,12). The zero-order valence-electron chi connectivity index (χ0n) is 7.64. The summed E-state index contributed by atoms with van der Waals surface area (Å²) >= 11 is 0. The minimum atomic E-state index is 0.00158. The number of nitrogens with two attached hydrogens (primary N) is 1. The summed E-state index contributed by atoms with van der Waals surface area (Å²) in [7, 11) is 0. The van der Waals surface area contributed by atoms with Crippen molar-refractivity contribution in [3.05, 3.63) is 29.8 Å². The molecule has 0 bridgehead atoms. The van der Waals surface area contributed by atoms with E-state index in [9.17, 15) is 0 Å². The van der Waals surface area contributed by atoms with Gasteiger partial charge in [0.1, 0.15) is 0 Å². The highest BCUT2D eigenvalue weighted by molar-refractivity contribution is 5.78. The van der Waals surface area contributed by atoms with Gasteiger partial charge in [0.25, 0.3) is 0 Å². The minimum Gasteiger partial charge on any atom is -0.367 e. The molecule has 0 aromatic heterocycles. The number of nitrogens with one attached hydrogen (secondary N) is 1. The average molecular weight is 192 g/mol. The van der Waals surface area contributed by atoms with Gasteiger partial charge in [0, 0.05) is 6.54 Å². The number of hydroxylamine groups is 1. The summed E-state index contributed by atoms with van der Waals surface area (Å²) in [4.78, 5) is 0. The van der Waals surface area contributed by atoms with Gasteiger partial charge < -0.3 is 5.73 Å².